The summed E-state index contributed by atoms with van der Waals surface area (Å²) in [4.78, 5) is 19.3. The number of nitrogens with zero attached hydrogens (tertiary/aromatic N) is 4. The summed E-state index contributed by atoms with van der Waals surface area (Å²) in [5.74, 6) is -0.625. The van der Waals surface area contributed by atoms with E-state index in [4.69, 9.17) is 9.57 Å². The number of rotatable bonds is 7. The molecule has 34 heavy (non-hydrogen) atoms. The fourth-order valence-corrected chi connectivity index (χ4v) is 3.41. The van der Waals surface area contributed by atoms with Crippen molar-refractivity contribution in [3.05, 3.63) is 72.1 Å². The first-order valence-corrected chi connectivity index (χ1v) is 10.5. The first kappa shape index (κ1) is 23.3. The number of ether oxygens (including phenoxy) is 1. The average Bonchev–Trinajstić information content (AvgIpc) is 3.37. The molecule has 1 N–H and O–H groups in total. The highest BCUT2D eigenvalue weighted by molar-refractivity contribution is 5.95. The van der Waals surface area contributed by atoms with Gasteiger partial charge in [-0.3, -0.25) is 4.79 Å². The maximum absolute atomic E-state index is 13.2. The molecule has 0 radical (unpaired) electrons. The van der Waals surface area contributed by atoms with Crippen LogP contribution in [0.25, 0.3) is 5.69 Å². The molecule has 178 valence electrons. The lowest BCUT2D eigenvalue weighted by molar-refractivity contribution is -0.137. The van der Waals surface area contributed by atoms with Crippen LogP contribution in [-0.2, 0) is 20.5 Å². The van der Waals surface area contributed by atoms with Crippen LogP contribution in [0.3, 0.4) is 0 Å². The van der Waals surface area contributed by atoms with Gasteiger partial charge in [0.2, 0.25) is 0 Å². The Morgan fingerprint density at radius 1 is 1.18 bits per heavy atom. The Hall–Kier alpha value is -3.86. The number of hydrogen-bond acceptors (Lipinski definition) is 6. The van der Waals surface area contributed by atoms with Gasteiger partial charge in [0.25, 0.3) is 5.91 Å². The maximum Gasteiger partial charge on any atom is 0.416 e. The number of oxime groups is 1. The predicted molar refractivity (Wildman–Crippen MR) is 120 cm³/mol. The molecule has 8 nitrogen and oxygen atoms in total. The lowest BCUT2D eigenvalue weighted by Crippen LogP contribution is -2.37. The molecule has 0 unspecified atom stereocenters. The molecule has 2 heterocycles. The van der Waals surface area contributed by atoms with Crippen LogP contribution >= 0.6 is 0 Å². The van der Waals surface area contributed by atoms with E-state index < -0.39 is 24.3 Å². The van der Waals surface area contributed by atoms with Crippen LogP contribution in [0.2, 0.25) is 0 Å². The van der Waals surface area contributed by atoms with Crippen molar-refractivity contribution in [1.82, 2.24) is 9.78 Å². The molecular weight excluding hydrogens is 451 g/mol. The third-order valence-electron chi connectivity index (χ3n) is 5.08. The Morgan fingerprint density at radius 2 is 1.94 bits per heavy atom. The van der Waals surface area contributed by atoms with Gasteiger partial charge in [0.05, 0.1) is 42.1 Å². The number of halogens is 3. The van der Waals surface area contributed by atoms with Gasteiger partial charge in [0.15, 0.2) is 6.61 Å². The second-order valence-electron chi connectivity index (χ2n) is 7.43. The summed E-state index contributed by atoms with van der Waals surface area (Å²) in [6, 6.07) is 12.4. The smallest absolute Gasteiger partial charge is 0.386 e. The van der Waals surface area contributed by atoms with Gasteiger partial charge in [-0.1, -0.05) is 17.3 Å². The van der Waals surface area contributed by atoms with Crippen molar-refractivity contribution < 1.29 is 27.5 Å². The monoisotopic (exact) mass is 473 g/mol. The minimum absolute atomic E-state index is 0.0588. The molecule has 0 bridgehead atoms. The molecule has 0 saturated carbocycles. The number of anilines is 2. The highest BCUT2D eigenvalue weighted by Crippen LogP contribution is 2.35. The standard InChI is InChI=1S/C23H22F3N5O3/c24-23(25,26)18-4-7-21(30-10-12-33-13-11-30)20(14-18)29-22(32)16-34-28-15-17-2-5-19(6-3-17)31-9-1-8-27-31/h1-9,14-15H,10-13,16H2,(H,29,32)/b28-15+. The zero-order chi connectivity index (χ0) is 24.0. The molecule has 1 aromatic heterocycles. The van der Waals surface area contributed by atoms with Gasteiger partial charge in [-0.2, -0.15) is 18.3 Å². The number of alkyl halides is 3. The van der Waals surface area contributed by atoms with Crippen LogP contribution in [0.1, 0.15) is 11.1 Å². The quantitative estimate of drug-likeness (QED) is 0.418. The normalized spacial score (nSPS) is 14.4. The van der Waals surface area contributed by atoms with Gasteiger partial charge in [0.1, 0.15) is 0 Å². The van der Waals surface area contributed by atoms with Gasteiger partial charge < -0.3 is 19.8 Å². The fraction of sp³-hybridized carbons (Fsp3) is 0.261. The average molecular weight is 473 g/mol. The van der Waals surface area contributed by atoms with Crippen molar-refractivity contribution in [3.8, 4) is 5.69 Å². The second-order valence-corrected chi connectivity index (χ2v) is 7.43. The molecule has 0 atom stereocenters. The molecule has 1 aliphatic rings. The summed E-state index contributed by atoms with van der Waals surface area (Å²) in [5, 5.41) is 10.4. The summed E-state index contributed by atoms with van der Waals surface area (Å²) < 4.78 is 46.6. The number of carbonyl (C=O) groups is 1. The number of carbonyl (C=O) groups excluding carboxylic acids is 1. The van der Waals surface area contributed by atoms with Crippen LogP contribution in [0, 0.1) is 0 Å². The molecule has 0 spiro atoms. The Morgan fingerprint density at radius 3 is 2.62 bits per heavy atom. The molecule has 1 aliphatic heterocycles. The minimum Gasteiger partial charge on any atom is -0.386 e. The van der Waals surface area contributed by atoms with E-state index in [0.717, 1.165) is 23.4 Å². The van der Waals surface area contributed by atoms with E-state index in [2.05, 4.69) is 15.6 Å². The lowest BCUT2D eigenvalue weighted by Gasteiger charge is -2.31. The van der Waals surface area contributed by atoms with E-state index in [9.17, 15) is 18.0 Å². The maximum atomic E-state index is 13.2. The highest BCUT2D eigenvalue weighted by atomic mass is 19.4. The van der Waals surface area contributed by atoms with Crippen LogP contribution in [0.15, 0.2) is 66.1 Å². The van der Waals surface area contributed by atoms with Crippen LogP contribution in [0.5, 0.6) is 0 Å². The van der Waals surface area contributed by atoms with Crippen LogP contribution < -0.4 is 10.2 Å². The van der Waals surface area contributed by atoms with Crippen molar-refractivity contribution in [2.75, 3.05) is 43.1 Å². The van der Waals surface area contributed by atoms with Gasteiger partial charge in [-0.05, 0) is 42.0 Å². The summed E-state index contributed by atoms with van der Waals surface area (Å²) in [5.41, 5.74) is 1.31. The van der Waals surface area contributed by atoms with Crippen LogP contribution in [-0.4, -0.2) is 54.8 Å². The minimum atomic E-state index is -4.53. The summed E-state index contributed by atoms with van der Waals surface area (Å²) >= 11 is 0. The Labute approximate surface area is 193 Å². The molecule has 4 rings (SSSR count). The Bertz CT molecular complexity index is 1130. The summed E-state index contributed by atoms with van der Waals surface area (Å²) in [6.07, 6.45) is 0.400. The van der Waals surface area contributed by atoms with E-state index in [0.29, 0.717) is 32.0 Å². The summed E-state index contributed by atoms with van der Waals surface area (Å²) in [6.45, 7) is 1.47. The number of hydrogen-bond donors (Lipinski definition) is 1. The largest absolute Gasteiger partial charge is 0.416 e. The van der Waals surface area contributed by atoms with Crippen molar-refractivity contribution in [2.24, 2.45) is 5.16 Å². The van der Waals surface area contributed by atoms with Crippen molar-refractivity contribution >= 4 is 23.5 Å². The van der Waals surface area contributed by atoms with Gasteiger partial charge in [0, 0.05) is 25.5 Å². The fourth-order valence-electron chi connectivity index (χ4n) is 3.41. The van der Waals surface area contributed by atoms with E-state index in [-0.39, 0.29) is 5.69 Å². The molecular formula is C23H22F3N5O3. The molecule has 1 amide bonds. The van der Waals surface area contributed by atoms with Gasteiger partial charge >= 0.3 is 6.18 Å². The van der Waals surface area contributed by atoms with Crippen molar-refractivity contribution in [1.29, 1.82) is 0 Å². The third kappa shape index (κ3) is 5.93. The van der Waals surface area contributed by atoms with E-state index in [1.54, 1.807) is 23.0 Å². The molecule has 0 aliphatic carbocycles. The number of amides is 1. The highest BCUT2D eigenvalue weighted by Gasteiger charge is 2.32. The number of nitrogens with one attached hydrogen (secondary N) is 1. The van der Waals surface area contributed by atoms with Crippen molar-refractivity contribution in [3.63, 3.8) is 0 Å². The Balaban J connectivity index is 1.37. The molecule has 1 saturated heterocycles. The molecule has 11 heteroatoms. The van der Waals surface area contributed by atoms with Gasteiger partial charge in [-0.25, -0.2) is 4.68 Å². The van der Waals surface area contributed by atoms with Crippen molar-refractivity contribution in [2.45, 2.75) is 6.18 Å². The topological polar surface area (TPSA) is 81.0 Å². The van der Waals surface area contributed by atoms with E-state index in [1.807, 2.05) is 29.3 Å². The van der Waals surface area contributed by atoms with E-state index in [1.165, 1.54) is 12.3 Å². The zero-order valence-corrected chi connectivity index (χ0v) is 18.0. The van der Waals surface area contributed by atoms with Crippen LogP contribution in [0.4, 0.5) is 24.5 Å². The van der Waals surface area contributed by atoms with E-state index >= 15 is 0 Å². The van der Waals surface area contributed by atoms with Gasteiger partial charge in [-0.15, -0.1) is 0 Å². The molecule has 3 aromatic rings. The third-order valence-corrected chi connectivity index (χ3v) is 5.08. The number of aromatic nitrogens is 2. The predicted octanol–water partition coefficient (Wildman–Crippen LogP) is 3.72. The SMILES string of the molecule is O=C(CO/N=C/c1ccc(-n2cccn2)cc1)Nc1cc(C(F)(F)F)ccc1N1CCOCC1. The summed E-state index contributed by atoms with van der Waals surface area (Å²) in [7, 11) is 0. The lowest BCUT2D eigenvalue weighted by atomic mass is 10.1. The Kier molecular flexibility index (Phi) is 7.12. The molecule has 1 fully saturated rings. The zero-order valence-electron chi connectivity index (χ0n) is 18.0. The second kappa shape index (κ2) is 10.4. The number of benzene rings is 2. The first-order chi connectivity index (χ1) is 16.4. The number of morpholine rings is 1. The first-order valence-electron chi connectivity index (χ1n) is 10.5. The molecule has 2 aromatic carbocycles.